The van der Waals surface area contributed by atoms with Gasteiger partial charge in [-0.2, -0.15) is 0 Å². The first-order valence-corrected chi connectivity index (χ1v) is 9.78. The Bertz CT molecular complexity index is 600. The highest BCUT2D eigenvalue weighted by molar-refractivity contribution is 7.88. The molecule has 130 valence electrons. The van der Waals surface area contributed by atoms with Crippen LogP contribution in [-0.2, 0) is 16.4 Å². The first-order chi connectivity index (χ1) is 10.8. The Morgan fingerprint density at radius 3 is 2.91 bits per heavy atom. The van der Waals surface area contributed by atoms with Gasteiger partial charge in [-0.05, 0) is 38.3 Å². The van der Waals surface area contributed by atoms with Crippen molar-refractivity contribution in [3.05, 3.63) is 24.2 Å². The summed E-state index contributed by atoms with van der Waals surface area (Å²) in [7, 11) is -3.25. The molecule has 2 amide bonds. The minimum atomic E-state index is -3.25. The first kappa shape index (κ1) is 17.8. The number of urea groups is 1. The monoisotopic (exact) mass is 343 g/mol. The summed E-state index contributed by atoms with van der Waals surface area (Å²) in [6, 6.07) is 3.39. The number of likely N-dealkylation sites (tertiary alicyclic amines) is 1. The van der Waals surface area contributed by atoms with Gasteiger partial charge in [-0.3, -0.25) is 0 Å². The van der Waals surface area contributed by atoms with Gasteiger partial charge in [0.15, 0.2) is 0 Å². The van der Waals surface area contributed by atoms with E-state index in [0.29, 0.717) is 13.0 Å². The molecule has 1 aliphatic heterocycles. The van der Waals surface area contributed by atoms with Crippen molar-refractivity contribution in [1.29, 1.82) is 0 Å². The summed E-state index contributed by atoms with van der Waals surface area (Å²) >= 11 is 0. The van der Waals surface area contributed by atoms with Gasteiger partial charge in [-0.25, -0.2) is 17.9 Å². The average molecular weight is 343 g/mol. The fourth-order valence-corrected chi connectivity index (χ4v) is 3.30. The Morgan fingerprint density at radius 1 is 1.48 bits per heavy atom. The van der Waals surface area contributed by atoms with Crippen molar-refractivity contribution in [2.75, 3.05) is 19.3 Å². The molecular weight excluding hydrogens is 318 g/mol. The maximum Gasteiger partial charge on any atom is 0.317 e. The molecule has 0 aromatic carbocycles. The van der Waals surface area contributed by atoms with Crippen molar-refractivity contribution in [2.45, 2.75) is 44.7 Å². The average Bonchev–Trinajstić information content (AvgIpc) is 2.97. The topological polar surface area (TPSA) is 91.7 Å². The number of piperidine rings is 1. The maximum atomic E-state index is 12.5. The molecule has 1 aromatic rings. The van der Waals surface area contributed by atoms with Crippen LogP contribution in [-0.4, -0.2) is 50.8 Å². The standard InChI is InChI=1S/C15H25N3O4S/c1-12(10-14-7-5-9-22-14)17-15(19)18-8-4-3-6-13(18)11-16-23(2,20)21/h5,7,9,12-13,16H,3-4,6,8,10-11H2,1-2H3,(H,17,19)/t12-,13+/m1/s1. The van der Waals surface area contributed by atoms with E-state index in [1.807, 2.05) is 19.1 Å². The summed E-state index contributed by atoms with van der Waals surface area (Å²) < 4.78 is 30.3. The van der Waals surface area contributed by atoms with Gasteiger partial charge in [0.05, 0.1) is 12.5 Å². The minimum absolute atomic E-state index is 0.0564. The second-order valence-electron chi connectivity index (χ2n) is 6.10. The van der Waals surface area contributed by atoms with E-state index in [0.717, 1.165) is 31.3 Å². The molecule has 0 radical (unpaired) electrons. The molecule has 1 aliphatic rings. The second-order valence-corrected chi connectivity index (χ2v) is 7.93. The molecule has 2 N–H and O–H groups in total. The van der Waals surface area contributed by atoms with E-state index in [2.05, 4.69) is 10.0 Å². The van der Waals surface area contributed by atoms with Crippen molar-refractivity contribution in [3.8, 4) is 0 Å². The molecular formula is C15H25N3O4S. The van der Waals surface area contributed by atoms with Crippen molar-refractivity contribution in [1.82, 2.24) is 14.9 Å². The number of sulfonamides is 1. The molecule has 1 fully saturated rings. The van der Waals surface area contributed by atoms with Gasteiger partial charge in [-0.1, -0.05) is 0 Å². The molecule has 2 rings (SSSR count). The SMILES string of the molecule is C[C@H](Cc1ccco1)NC(=O)N1CCCC[C@H]1CNS(C)(=O)=O. The van der Waals surface area contributed by atoms with E-state index in [4.69, 9.17) is 4.42 Å². The van der Waals surface area contributed by atoms with Crippen LogP contribution in [0.2, 0.25) is 0 Å². The normalized spacial score (nSPS) is 20.3. The number of furan rings is 1. The number of rotatable bonds is 6. The molecule has 0 unspecified atom stereocenters. The van der Waals surface area contributed by atoms with Crippen LogP contribution >= 0.6 is 0 Å². The predicted molar refractivity (Wildman–Crippen MR) is 87.6 cm³/mol. The number of carbonyl (C=O) groups excluding carboxylic acids is 1. The molecule has 23 heavy (non-hydrogen) atoms. The van der Waals surface area contributed by atoms with Crippen LogP contribution in [0.3, 0.4) is 0 Å². The summed E-state index contributed by atoms with van der Waals surface area (Å²) in [6.45, 7) is 2.84. The van der Waals surface area contributed by atoms with E-state index in [-0.39, 0.29) is 24.7 Å². The Morgan fingerprint density at radius 2 is 2.26 bits per heavy atom. The van der Waals surface area contributed by atoms with Crippen LogP contribution in [0.25, 0.3) is 0 Å². The van der Waals surface area contributed by atoms with Crippen LogP contribution in [0.15, 0.2) is 22.8 Å². The smallest absolute Gasteiger partial charge is 0.317 e. The quantitative estimate of drug-likeness (QED) is 0.815. The fraction of sp³-hybridized carbons (Fsp3) is 0.667. The Hall–Kier alpha value is -1.54. The third kappa shape index (κ3) is 5.87. The highest BCUT2D eigenvalue weighted by Gasteiger charge is 2.28. The van der Waals surface area contributed by atoms with E-state index >= 15 is 0 Å². The molecule has 2 atom stereocenters. The van der Waals surface area contributed by atoms with Gasteiger partial charge >= 0.3 is 6.03 Å². The van der Waals surface area contributed by atoms with Crippen LogP contribution in [0.1, 0.15) is 31.9 Å². The maximum absolute atomic E-state index is 12.5. The lowest BCUT2D eigenvalue weighted by molar-refractivity contribution is 0.149. The molecule has 7 nitrogen and oxygen atoms in total. The number of hydrogen-bond acceptors (Lipinski definition) is 4. The molecule has 0 bridgehead atoms. The summed E-state index contributed by atoms with van der Waals surface area (Å²) in [4.78, 5) is 14.2. The predicted octanol–water partition coefficient (Wildman–Crippen LogP) is 1.32. The number of nitrogens with zero attached hydrogens (tertiary/aromatic N) is 1. The largest absolute Gasteiger partial charge is 0.469 e. The van der Waals surface area contributed by atoms with Gasteiger partial charge in [0.25, 0.3) is 0 Å². The van der Waals surface area contributed by atoms with E-state index in [1.54, 1.807) is 11.2 Å². The molecule has 1 aromatic heterocycles. The highest BCUT2D eigenvalue weighted by Crippen LogP contribution is 2.17. The Kier molecular flexibility index (Phi) is 6.06. The van der Waals surface area contributed by atoms with Crippen LogP contribution in [0, 0.1) is 0 Å². The van der Waals surface area contributed by atoms with Crippen molar-refractivity contribution >= 4 is 16.1 Å². The molecule has 0 saturated carbocycles. The number of nitrogens with one attached hydrogen (secondary N) is 2. The lowest BCUT2D eigenvalue weighted by atomic mass is 10.0. The van der Waals surface area contributed by atoms with Crippen molar-refractivity contribution in [3.63, 3.8) is 0 Å². The molecule has 2 heterocycles. The molecule has 8 heteroatoms. The summed E-state index contributed by atoms with van der Waals surface area (Å²) in [5, 5.41) is 2.96. The Balaban J connectivity index is 1.89. The first-order valence-electron chi connectivity index (χ1n) is 7.89. The lowest BCUT2D eigenvalue weighted by Gasteiger charge is -2.36. The zero-order valence-corrected chi connectivity index (χ0v) is 14.4. The van der Waals surface area contributed by atoms with Gasteiger partial charge in [-0.15, -0.1) is 0 Å². The molecule has 1 saturated heterocycles. The third-order valence-electron chi connectivity index (χ3n) is 3.93. The van der Waals surface area contributed by atoms with E-state index in [9.17, 15) is 13.2 Å². The number of carbonyl (C=O) groups is 1. The van der Waals surface area contributed by atoms with E-state index < -0.39 is 10.0 Å². The third-order valence-corrected chi connectivity index (χ3v) is 4.62. The zero-order chi connectivity index (χ0) is 16.9. The molecule has 0 spiro atoms. The lowest BCUT2D eigenvalue weighted by Crippen LogP contribution is -2.54. The highest BCUT2D eigenvalue weighted by atomic mass is 32.2. The van der Waals surface area contributed by atoms with Crippen LogP contribution in [0.5, 0.6) is 0 Å². The number of hydrogen-bond donors (Lipinski definition) is 2. The molecule has 0 aliphatic carbocycles. The van der Waals surface area contributed by atoms with Crippen molar-refractivity contribution < 1.29 is 17.6 Å². The van der Waals surface area contributed by atoms with Crippen LogP contribution in [0.4, 0.5) is 4.79 Å². The van der Waals surface area contributed by atoms with Gasteiger partial charge in [0.2, 0.25) is 10.0 Å². The van der Waals surface area contributed by atoms with Gasteiger partial charge in [0.1, 0.15) is 5.76 Å². The van der Waals surface area contributed by atoms with Gasteiger partial charge in [0, 0.05) is 31.6 Å². The zero-order valence-electron chi connectivity index (χ0n) is 13.6. The summed E-state index contributed by atoms with van der Waals surface area (Å²) in [5.74, 6) is 0.826. The summed E-state index contributed by atoms with van der Waals surface area (Å²) in [5.41, 5.74) is 0. The second kappa shape index (κ2) is 7.83. The van der Waals surface area contributed by atoms with Crippen LogP contribution < -0.4 is 10.0 Å². The van der Waals surface area contributed by atoms with Gasteiger partial charge < -0.3 is 14.6 Å². The number of amides is 2. The Labute approximate surface area is 137 Å². The van der Waals surface area contributed by atoms with E-state index in [1.165, 1.54) is 0 Å². The van der Waals surface area contributed by atoms with Crippen molar-refractivity contribution in [2.24, 2.45) is 0 Å². The summed E-state index contributed by atoms with van der Waals surface area (Å²) in [6.07, 6.45) is 6.12. The minimum Gasteiger partial charge on any atom is -0.469 e. The fourth-order valence-electron chi connectivity index (χ4n) is 2.80.